The van der Waals surface area contributed by atoms with Gasteiger partial charge in [-0.2, -0.15) is 0 Å². The van der Waals surface area contributed by atoms with Crippen LogP contribution in [-0.2, 0) is 0 Å². The van der Waals surface area contributed by atoms with Crippen LogP contribution in [0.15, 0.2) is 41.5 Å². The number of anilines is 1. The maximum atomic E-state index is 12.6. The lowest BCUT2D eigenvalue weighted by Crippen LogP contribution is -2.18. The summed E-state index contributed by atoms with van der Waals surface area (Å²) in [6, 6.07) is 6.37. The molecule has 0 aromatic heterocycles. The van der Waals surface area contributed by atoms with Crippen molar-refractivity contribution < 1.29 is 4.39 Å². The van der Waals surface area contributed by atoms with Crippen LogP contribution >= 0.6 is 0 Å². The van der Waals surface area contributed by atoms with Crippen molar-refractivity contribution in [3.8, 4) is 0 Å². The molecule has 0 N–H and O–H groups in total. The number of allylic oxidation sites excluding steroid dienone is 1. The van der Waals surface area contributed by atoms with E-state index in [1.54, 1.807) is 18.3 Å². The minimum absolute atomic E-state index is 0.215. The normalized spacial score (nSPS) is 15.0. The monoisotopic (exact) mass is 176 g/mol. The van der Waals surface area contributed by atoms with E-state index in [4.69, 9.17) is 0 Å². The minimum Gasteiger partial charge on any atom is -0.328 e. The summed E-state index contributed by atoms with van der Waals surface area (Å²) in [5.74, 6) is -0.215. The molecule has 0 unspecified atom stereocenters. The lowest BCUT2D eigenvalue weighted by Gasteiger charge is -2.19. The first-order valence-electron chi connectivity index (χ1n) is 4.05. The summed E-state index contributed by atoms with van der Waals surface area (Å²) >= 11 is 0. The van der Waals surface area contributed by atoms with Crippen molar-refractivity contribution >= 4 is 11.9 Å². The summed E-state index contributed by atoms with van der Waals surface area (Å²) in [6.07, 6.45) is 5.52. The van der Waals surface area contributed by atoms with Crippen molar-refractivity contribution in [1.29, 1.82) is 0 Å². The SMILES string of the molecule is Fc1ccc(N2C=CC=NC2)cc1. The molecule has 0 aliphatic carbocycles. The fourth-order valence-electron chi connectivity index (χ4n) is 1.19. The first kappa shape index (κ1) is 7.98. The summed E-state index contributed by atoms with van der Waals surface area (Å²) < 4.78 is 12.6. The van der Waals surface area contributed by atoms with Gasteiger partial charge in [0.2, 0.25) is 0 Å². The van der Waals surface area contributed by atoms with Gasteiger partial charge >= 0.3 is 0 Å². The predicted octanol–water partition coefficient (Wildman–Crippen LogP) is 2.19. The number of rotatable bonds is 1. The molecule has 1 heterocycles. The van der Waals surface area contributed by atoms with Crippen LogP contribution in [0.2, 0.25) is 0 Å². The summed E-state index contributed by atoms with van der Waals surface area (Å²) in [7, 11) is 0. The molecule has 0 bridgehead atoms. The Morgan fingerprint density at radius 3 is 2.62 bits per heavy atom. The van der Waals surface area contributed by atoms with E-state index in [1.165, 1.54) is 12.1 Å². The van der Waals surface area contributed by atoms with Crippen molar-refractivity contribution in [2.45, 2.75) is 0 Å². The zero-order valence-corrected chi connectivity index (χ0v) is 7.02. The van der Waals surface area contributed by atoms with Crippen LogP contribution in [0, 0.1) is 5.82 Å². The van der Waals surface area contributed by atoms with Crippen molar-refractivity contribution in [2.75, 3.05) is 11.6 Å². The molecule has 1 aliphatic heterocycles. The van der Waals surface area contributed by atoms with E-state index in [1.807, 2.05) is 17.2 Å². The van der Waals surface area contributed by atoms with Crippen LogP contribution in [0.25, 0.3) is 0 Å². The highest BCUT2D eigenvalue weighted by atomic mass is 19.1. The average Bonchev–Trinajstić information content (AvgIpc) is 2.20. The van der Waals surface area contributed by atoms with Crippen molar-refractivity contribution in [1.82, 2.24) is 0 Å². The van der Waals surface area contributed by atoms with Crippen LogP contribution < -0.4 is 4.90 Å². The molecular formula is C10H9FN2. The first-order valence-corrected chi connectivity index (χ1v) is 4.05. The van der Waals surface area contributed by atoms with Gasteiger partial charge in [0.25, 0.3) is 0 Å². The molecule has 0 saturated carbocycles. The van der Waals surface area contributed by atoms with E-state index >= 15 is 0 Å². The second-order valence-electron chi connectivity index (χ2n) is 2.76. The second-order valence-corrected chi connectivity index (χ2v) is 2.76. The Balaban J connectivity index is 2.21. The molecule has 0 spiro atoms. The van der Waals surface area contributed by atoms with Gasteiger partial charge < -0.3 is 4.90 Å². The third kappa shape index (κ3) is 1.75. The van der Waals surface area contributed by atoms with E-state index in [2.05, 4.69) is 4.99 Å². The molecule has 1 aliphatic rings. The van der Waals surface area contributed by atoms with Crippen LogP contribution in [-0.4, -0.2) is 12.9 Å². The summed E-state index contributed by atoms with van der Waals surface area (Å²) in [4.78, 5) is 6.02. The van der Waals surface area contributed by atoms with Crippen molar-refractivity contribution in [3.05, 3.63) is 42.4 Å². The maximum Gasteiger partial charge on any atom is 0.123 e. The van der Waals surface area contributed by atoms with Crippen LogP contribution in [0.3, 0.4) is 0 Å². The van der Waals surface area contributed by atoms with E-state index in [9.17, 15) is 4.39 Å². The molecule has 2 nitrogen and oxygen atoms in total. The molecule has 2 rings (SSSR count). The molecule has 66 valence electrons. The standard InChI is InChI=1S/C10H9FN2/c11-9-2-4-10(5-3-9)13-7-1-6-12-8-13/h1-7H,8H2. The average molecular weight is 176 g/mol. The molecule has 1 aromatic carbocycles. The summed E-state index contributed by atoms with van der Waals surface area (Å²) in [5.41, 5.74) is 0.953. The van der Waals surface area contributed by atoms with Crippen molar-refractivity contribution in [2.24, 2.45) is 4.99 Å². The Bertz CT molecular complexity index is 340. The molecule has 3 heteroatoms. The number of nitrogens with zero attached hydrogens (tertiary/aromatic N) is 2. The Labute approximate surface area is 76.0 Å². The third-order valence-electron chi connectivity index (χ3n) is 1.85. The van der Waals surface area contributed by atoms with Gasteiger partial charge in [-0.15, -0.1) is 0 Å². The number of aliphatic imine (C=N–C) groups is 1. The van der Waals surface area contributed by atoms with Crippen LogP contribution in [0.4, 0.5) is 10.1 Å². The van der Waals surface area contributed by atoms with Gasteiger partial charge in [-0.3, -0.25) is 4.99 Å². The topological polar surface area (TPSA) is 15.6 Å². The van der Waals surface area contributed by atoms with E-state index in [-0.39, 0.29) is 5.82 Å². The van der Waals surface area contributed by atoms with Gasteiger partial charge in [-0.05, 0) is 30.3 Å². The fraction of sp³-hybridized carbons (Fsp3) is 0.100. The third-order valence-corrected chi connectivity index (χ3v) is 1.85. The molecular weight excluding hydrogens is 167 g/mol. The first-order chi connectivity index (χ1) is 6.36. The predicted molar refractivity (Wildman–Crippen MR) is 51.4 cm³/mol. The Kier molecular flexibility index (Phi) is 2.08. The van der Waals surface area contributed by atoms with E-state index in [0.29, 0.717) is 6.67 Å². The molecule has 0 radical (unpaired) electrons. The van der Waals surface area contributed by atoms with E-state index in [0.717, 1.165) is 5.69 Å². The van der Waals surface area contributed by atoms with Gasteiger partial charge in [-0.25, -0.2) is 4.39 Å². The Hall–Kier alpha value is -1.64. The van der Waals surface area contributed by atoms with Gasteiger partial charge in [-0.1, -0.05) is 0 Å². The highest BCUT2D eigenvalue weighted by molar-refractivity contribution is 5.74. The highest BCUT2D eigenvalue weighted by Crippen LogP contribution is 2.15. The van der Waals surface area contributed by atoms with Gasteiger partial charge in [0.1, 0.15) is 12.5 Å². The number of hydrogen-bond donors (Lipinski definition) is 0. The Morgan fingerprint density at radius 2 is 2.00 bits per heavy atom. The van der Waals surface area contributed by atoms with E-state index < -0.39 is 0 Å². The van der Waals surface area contributed by atoms with Crippen LogP contribution in [0.1, 0.15) is 0 Å². The zero-order chi connectivity index (χ0) is 9.10. The van der Waals surface area contributed by atoms with Gasteiger partial charge in [0, 0.05) is 18.1 Å². The zero-order valence-electron chi connectivity index (χ0n) is 7.02. The Morgan fingerprint density at radius 1 is 1.23 bits per heavy atom. The molecule has 0 amide bonds. The maximum absolute atomic E-state index is 12.6. The molecule has 0 atom stereocenters. The van der Waals surface area contributed by atoms with Gasteiger partial charge in [0.15, 0.2) is 0 Å². The fourth-order valence-corrected chi connectivity index (χ4v) is 1.19. The molecule has 1 aromatic rings. The minimum atomic E-state index is -0.215. The lowest BCUT2D eigenvalue weighted by atomic mass is 10.3. The summed E-state index contributed by atoms with van der Waals surface area (Å²) in [5, 5.41) is 0. The van der Waals surface area contributed by atoms with Crippen molar-refractivity contribution in [3.63, 3.8) is 0 Å². The van der Waals surface area contributed by atoms with Gasteiger partial charge in [0.05, 0.1) is 0 Å². The molecule has 0 saturated heterocycles. The number of hydrogen-bond acceptors (Lipinski definition) is 2. The smallest absolute Gasteiger partial charge is 0.123 e. The van der Waals surface area contributed by atoms with Crippen LogP contribution in [0.5, 0.6) is 0 Å². The largest absolute Gasteiger partial charge is 0.328 e. The highest BCUT2D eigenvalue weighted by Gasteiger charge is 2.02. The summed E-state index contributed by atoms with van der Waals surface area (Å²) in [6.45, 7) is 0.599. The number of halogens is 1. The molecule has 0 fully saturated rings. The second kappa shape index (κ2) is 3.39. The lowest BCUT2D eigenvalue weighted by molar-refractivity contribution is 0.627. The quantitative estimate of drug-likeness (QED) is 0.640. The number of benzene rings is 1. The molecule has 13 heavy (non-hydrogen) atoms.